The van der Waals surface area contributed by atoms with E-state index >= 15 is 0 Å². The molecule has 238 valence electrons. The van der Waals surface area contributed by atoms with Crippen molar-refractivity contribution in [3.63, 3.8) is 0 Å². The molecule has 1 unspecified atom stereocenters. The lowest BCUT2D eigenvalue weighted by Crippen LogP contribution is -2.75. The van der Waals surface area contributed by atoms with Crippen LogP contribution in [-0.2, 0) is 16.1 Å². The summed E-state index contributed by atoms with van der Waals surface area (Å²) in [5.74, 6) is 0.711. The van der Waals surface area contributed by atoms with Gasteiger partial charge in [0, 0.05) is 38.8 Å². The molecule has 2 saturated heterocycles. The largest absolute Gasteiger partial charge is 0.456 e. The van der Waals surface area contributed by atoms with Crippen LogP contribution in [0.2, 0.25) is 5.02 Å². The summed E-state index contributed by atoms with van der Waals surface area (Å²) in [7, 11) is 1.57. The standard InChI is InChI=1S/C34H45ClN4O5/c1-3-4-18-39-32(42)29(30(40)24-8-6-5-7-9-24)37-33(43)34(39)16-19-38(20-17-34)22-23-10-13-26(14-11-23)44-28-15-12-25(21-27(28)35)31(41)36-2/h10-15,21,24,29-30,40H,3-9,16-20,22H2,1-2H3,(H,36,41)(H,37,43)/t29-,30?/m1/s1. The minimum Gasteiger partial charge on any atom is -0.456 e. The number of amides is 3. The monoisotopic (exact) mass is 624 g/mol. The van der Waals surface area contributed by atoms with Crippen LogP contribution >= 0.6 is 11.6 Å². The fraction of sp³-hybridized carbons (Fsp3) is 0.559. The smallest absolute Gasteiger partial charge is 0.251 e. The number of rotatable bonds is 10. The van der Waals surface area contributed by atoms with E-state index in [1.165, 1.54) is 6.42 Å². The number of ether oxygens (including phenoxy) is 1. The van der Waals surface area contributed by atoms with Gasteiger partial charge >= 0.3 is 0 Å². The molecule has 1 aliphatic carbocycles. The number of piperidine rings is 1. The average Bonchev–Trinajstić information content (AvgIpc) is 3.05. The van der Waals surface area contributed by atoms with Gasteiger partial charge in [0.05, 0.1) is 11.1 Å². The Morgan fingerprint density at radius 2 is 1.82 bits per heavy atom. The first-order valence-electron chi connectivity index (χ1n) is 16.1. The van der Waals surface area contributed by atoms with Crippen molar-refractivity contribution in [2.24, 2.45) is 5.92 Å². The van der Waals surface area contributed by atoms with E-state index in [2.05, 4.69) is 22.5 Å². The SMILES string of the molecule is CCCCN1C(=O)[C@@H](C(O)C2CCCCC2)NC(=O)C12CCN(Cc1ccc(Oc3ccc(C(=O)NC)cc3Cl)cc1)CC2. The Bertz CT molecular complexity index is 1320. The van der Waals surface area contributed by atoms with Crippen LogP contribution in [0.5, 0.6) is 11.5 Å². The fourth-order valence-electron chi connectivity index (χ4n) is 6.95. The highest BCUT2D eigenvalue weighted by Crippen LogP contribution is 2.37. The highest BCUT2D eigenvalue weighted by atomic mass is 35.5. The van der Waals surface area contributed by atoms with Crippen molar-refractivity contribution in [2.75, 3.05) is 26.7 Å². The Balaban J connectivity index is 1.20. The van der Waals surface area contributed by atoms with Crippen molar-refractivity contribution in [3.8, 4) is 11.5 Å². The number of hydrogen-bond acceptors (Lipinski definition) is 6. The number of aliphatic hydroxyl groups excluding tert-OH is 1. The number of nitrogens with zero attached hydrogens (tertiary/aromatic N) is 2. The number of likely N-dealkylation sites (tertiary alicyclic amines) is 1. The van der Waals surface area contributed by atoms with Crippen molar-refractivity contribution in [3.05, 3.63) is 58.6 Å². The highest BCUT2D eigenvalue weighted by molar-refractivity contribution is 6.32. The molecule has 3 fully saturated rings. The summed E-state index contributed by atoms with van der Waals surface area (Å²) in [5.41, 5.74) is 0.705. The van der Waals surface area contributed by atoms with E-state index in [1.807, 2.05) is 29.2 Å². The van der Waals surface area contributed by atoms with Gasteiger partial charge in [0.15, 0.2) is 0 Å². The summed E-state index contributed by atoms with van der Waals surface area (Å²) in [4.78, 5) is 43.6. The molecule has 2 atom stereocenters. The molecular weight excluding hydrogens is 580 g/mol. The van der Waals surface area contributed by atoms with Crippen LogP contribution in [0.15, 0.2) is 42.5 Å². The van der Waals surface area contributed by atoms with E-state index in [9.17, 15) is 19.5 Å². The molecule has 5 rings (SSSR count). The van der Waals surface area contributed by atoms with Crippen LogP contribution in [0.4, 0.5) is 0 Å². The molecule has 1 saturated carbocycles. The van der Waals surface area contributed by atoms with Gasteiger partial charge in [-0.1, -0.05) is 56.3 Å². The third-order valence-corrected chi connectivity index (χ3v) is 9.92. The maximum atomic E-state index is 13.9. The van der Waals surface area contributed by atoms with E-state index in [1.54, 1.807) is 25.2 Å². The summed E-state index contributed by atoms with van der Waals surface area (Å²) in [6.07, 6.45) is 7.15. The predicted octanol–water partition coefficient (Wildman–Crippen LogP) is 4.89. The van der Waals surface area contributed by atoms with E-state index in [4.69, 9.17) is 16.3 Å². The summed E-state index contributed by atoms with van der Waals surface area (Å²) < 4.78 is 5.95. The molecule has 2 heterocycles. The Labute approximate surface area is 265 Å². The molecule has 44 heavy (non-hydrogen) atoms. The highest BCUT2D eigenvalue weighted by Gasteiger charge is 2.55. The first-order valence-corrected chi connectivity index (χ1v) is 16.4. The Kier molecular flexibility index (Phi) is 10.5. The molecule has 9 nitrogen and oxygen atoms in total. The molecule has 0 bridgehead atoms. The van der Waals surface area contributed by atoms with E-state index in [-0.39, 0.29) is 23.6 Å². The number of benzene rings is 2. The molecule has 0 aromatic heterocycles. The zero-order chi connectivity index (χ0) is 31.3. The molecular formula is C34H45ClN4O5. The van der Waals surface area contributed by atoms with Crippen molar-refractivity contribution in [1.82, 2.24) is 20.4 Å². The van der Waals surface area contributed by atoms with Gasteiger partial charge < -0.3 is 25.4 Å². The van der Waals surface area contributed by atoms with Crippen LogP contribution in [0.3, 0.4) is 0 Å². The van der Waals surface area contributed by atoms with Crippen molar-refractivity contribution < 1.29 is 24.2 Å². The first-order chi connectivity index (χ1) is 21.3. The zero-order valence-electron chi connectivity index (χ0n) is 25.8. The molecule has 0 radical (unpaired) electrons. The van der Waals surface area contributed by atoms with Gasteiger partial charge in [0.25, 0.3) is 5.91 Å². The van der Waals surface area contributed by atoms with Gasteiger partial charge in [-0.15, -0.1) is 0 Å². The van der Waals surface area contributed by atoms with Crippen LogP contribution < -0.4 is 15.4 Å². The van der Waals surface area contributed by atoms with Crippen LogP contribution in [0.25, 0.3) is 0 Å². The van der Waals surface area contributed by atoms with Gasteiger partial charge in [0.1, 0.15) is 23.1 Å². The minimum atomic E-state index is -0.865. The number of piperazine rings is 1. The molecule has 3 amide bonds. The van der Waals surface area contributed by atoms with Crippen molar-refractivity contribution in [1.29, 1.82) is 0 Å². The molecule has 2 aliphatic heterocycles. The number of carbonyl (C=O) groups excluding carboxylic acids is 3. The second kappa shape index (κ2) is 14.3. The fourth-order valence-corrected chi connectivity index (χ4v) is 7.17. The zero-order valence-corrected chi connectivity index (χ0v) is 26.6. The van der Waals surface area contributed by atoms with Gasteiger partial charge in [0.2, 0.25) is 11.8 Å². The minimum absolute atomic E-state index is 0.0604. The summed E-state index contributed by atoms with van der Waals surface area (Å²) in [6.45, 7) is 4.71. The van der Waals surface area contributed by atoms with Crippen LogP contribution in [-0.4, -0.2) is 77.0 Å². The maximum absolute atomic E-state index is 13.9. The molecule has 3 N–H and O–H groups in total. The molecule has 3 aliphatic rings. The number of unbranched alkanes of at least 4 members (excludes halogenated alkanes) is 1. The average molecular weight is 625 g/mol. The molecule has 10 heteroatoms. The quantitative estimate of drug-likeness (QED) is 0.347. The summed E-state index contributed by atoms with van der Waals surface area (Å²) in [6, 6.07) is 11.9. The normalized spacial score (nSPS) is 21.6. The van der Waals surface area contributed by atoms with Crippen LogP contribution in [0, 0.1) is 5.92 Å². The third kappa shape index (κ3) is 6.90. The number of carbonyl (C=O) groups is 3. The van der Waals surface area contributed by atoms with Gasteiger partial charge in [-0.25, -0.2) is 0 Å². The molecule has 2 aromatic rings. The number of hydrogen-bond donors (Lipinski definition) is 3. The Hall–Kier alpha value is -3.14. The van der Waals surface area contributed by atoms with Gasteiger partial charge in [-0.3, -0.25) is 19.3 Å². The topological polar surface area (TPSA) is 111 Å². The molecule has 2 aromatic carbocycles. The van der Waals surface area contributed by atoms with Crippen molar-refractivity contribution >= 4 is 29.3 Å². The molecule has 1 spiro atoms. The Morgan fingerprint density at radius 3 is 2.45 bits per heavy atom. The third-order valence-electron chi connectivity index (χ3n) is 9.63. The lowest BCUT2D eigenvalue weighted by molar-refractivity contribution is -0.166. The second-order valence-electron chi connectivity index (χ2n) is 12.5. The lowest BCUT2D eigenvalue weighted by atomic mass is 9.78. The summed E-state index contributed by atoms with van der Waals surface area (Å²) >= 11 is 6.34. The summed E-state index contributed by atoms with van der Waals surface area (Å²) in [5, 5.41) is 17.1. The predicted molar refractivity (Wildman–Crippen MR) is 170 cm³/mol. The maximum Gasteiger partial charge on any atom is 0.251 e. The van der Waals surface area contributed by atoms with Crippen LogP contribution in [0.1, 0.15) is 80.6 Å². The number of nitrogens with one attached hydrogen (secondary N) is 2. The van der Waals surface area contributed by atoms with Gasteiger partial charge in [-0.2, -0.15) is 0 Å². The number of aliphatic hydroxyl groups is 1. The first kappa shape index (κ1) is 32.3. The number of halogens is 1. The van der Waals surface area contributed by atoms with E-state index in [0.29, 0.717) is 61.1 Å². The Morgan fingerprint density at radius 1 is 1.11 bits per heavy atom. The second-order valence-corrected chi connectivity index (χ2v) is 12.9. The van der Waals surface area contributed by atoms with Gasteiger partial charge in [-0.05, 0) is 73.9 Å². The lowest BCUT2D eigenvalue weighted by Gasteiger charge is -2.52. The van der Waals surface area contributed by atoms with E-state index in [0.717, 1.165) is 44.1 Å². The van der Waals surface area contributed by atoms with E-state index < -0.39 is 17.7 Å². The van der Waals surface area contributed by atoms with Crippen molar-refractivity contribution in [2.45, 2.75) is 88.9 Å².